The van der Waals surface area contributed by atoms with Crippen LogP contribution in [0, 0.1) is 5.92 Å². The number of benzene rings is 8. The van der Waals surface area contributed by atoms with Crippen molar-refractivity contribution in [3.63, 3.8) is 0 Å². The van der Waals surface area contributed by atoms with Crippen LogP contribution in [0.2, 0.25) is 0 Å². The van der Waals surface area contributed by atoms with Crippen LogP contribution >= 0.6 is 0 Å². The van der Waals surface area contributed by atoms with Crippen LogP contribution in [0.25, 0.3) is 83.3 Å². The van der Waals surface area contributed by atoms with Gasteiger partial charge >= 0.3 is 0 Å². The predicted molar refractivity (Wildman–Crippen MR) is 240 cm³/mol. The highest BCUT2D eigenvalue weighted by Gasteiger charge is 2.31. The molecule has 0 saturated heterocycles. The van der Waals surface area contributed by atoms with E-state index in [4.69, 9.17) is 14.4 Å². The number of aliphatic imine (C=N–C) groups is 2. The molecule has 8 aromatic carbocycles. The second-order valence-electron chi connectivity index (χ2n) is 15.8. The van der Waals surface area contributed by atoms with Crippen molar-refractivity contribution in [3.8, 4) is 44.5 Å². The highest BCUT2D eigenvalue weighted by atomic mass is 16.3. The Balaban J connectivity index is 1.07. The average molecular weight is 744 g/mol. The number of rotatable bonds is 5. The molecule has 2 aliphatic carbocycles. The zero-order valence-corrected chi connectivity index (χ0v) is 31.9. The van der Waals surface area contributed by atoms with Gasteiger partial charge in [0, 0.05) is 27.5 Å². The minimum atomic E-state index is -0.393. The third kappa shape index (κ3) is 5.08. The maximum atomic E-state index is 6.87. The number of furan rings is 1. The summed E-state index contributed by atoms with van der Waals surface area (Å²) in [5.74, 6) is 1.97. The molecule has 0 spiro atoms. The zero-order valence-electron chi connectivity index (χ0n) is 31.9. The van der Waals surface area contributed by atoms with Gasteiger partial charge in [0.2, 0.25) is 0 Å². The summed E-state index contributed by atoms with van der Waals surface area (Å²) in [6, 6.07) is 58.5. The third-order valence-electron chi connectivity index (χ3n) is 12.2. The summed E-state index contributed by atoms with van der Waals surface area (Å²) >= 11 is 0. The molecule has 4 heteroatoms. The zero-order chi connectivity index (χ0) is 38.3. The number of amidine groups is 2. The normalized spacial score (nSPS) is 16.6. The van der Waals surface area contributed by atoms with Crippen LogP contribution in [-0.2, 0) is 6.42 Å². The minimum Gasteiger partial charge on any atom is -0.455 e. The van der Waals surface area contributed by atoms with Gasteiger partial charge < -0.3 is 9.73 Å². The van der Waals surface area contributed by atoms with Gasteiger partial charge in [0.25, 0.3) is 0 Å². The number of hydrogen-bond donors (Lipinski definition) is 1. The highest BCUT2D eigenvalue weighted by molar-refractivity contribution is 6.29. The summed E-state index contributed by atoms with van der Waals surface area (Å²) in [6.07, 6.45) is 5.24. The first-order chi connectivity index (χ1) is 28.7. The largest absolute Gasteiger partial charge is 0.455 e. The Bertz CT molecular complexity index is 3230. The van der Waals surface area contributed by atoms with Crippen molar-refractivity contribution in [2.24, 2.45) is 15.9 Å². The molecule has 9 aromatic rings. The molecule has 0 amide bonds. The van der Waals surface area contributed by atoms with Crippen LogP contribution in [0.15, 0.2) is 184 Å². The number of para-hydroxylation sites is 1. The van der Waals surface area contributed by atoms with E-state index in [9.17, 15) is 0 Å². The van der Waals surface area contributed by atoms with Crippen molar-refractivity contribution in [2.75, 3.05) is 0 Å². The van der Waals surface area contributed by atoms with E-state index >= 15 is 0 Å². The standard InChI is InChI=1S/C54H37N3O/c1-32-24-25-34-14-9-20-39(44(34)30-32)35-26-28-37(29-27-35)52-55-53(41-18-6-5-17-38(41)33-12-3-2-4-13-33)57-54(56-52)46-31-45-40-21-10-15-36-16-11-22-43(48(36)40)50(45)51-49(46)42-19-7-8-23-47(42)58-51/h2-29,31-32,52H,30H2,1H3,(H,55,56,57). The molecule has 4 nitrogen and oxygen atoms in total. The molecule has 2 heterocycles. The molecule has 3 aliphatic rings. The Morgan fingerprint density at radius 1 is 0.586 bits per heavy atom. The van der Waals surface area contributed by atoms with E-state index in [1.807, 2.05) is 6.07 Å². The topological polar surface area (TPSA) is 49.9 Å². The minimum absolute atomic E-state index is 0.393. The van der Waals surface area contributed by atoms with Crippen molar-refractivity contribution in [1.82, 2.24) is 5.32 Å². The van der Waals surface area contributed by atoms with E-state index in [0.717, 1.165) is 73.1 Å². The molecule has 0 bridgehead atoms. The molecular formula is C54H37N3O. The quantitative estimate of drug-likeness (QED) is 0.191. The van der Waals surface area contributed by atoms with Crippen LogP contribution in [0.5, 0.6) is 0 Å². The fraction of sp³-hybridized carbons (Fsp3) is 0.0741. The maximum Gasteiger partial charge on any atom is 0.160 e. The summed E-state index contributed by atoms with van der Waals surface area (Å²) in [6.45, 7) is 2.29. The molecule has 1 N–H and O–H groups in total. The highest BCUT2D eigenvalue weighted by Crippen LogP contribution is 2.52. The van der Waals surface area contributed by atoms with Crippen LogP contribution in [0.1, 0.15) is 40.9 Å². The predicted octanol–water partition coefficient (Wildman–Crippen LogP) is 13.4. The van der Waals surface area contributed by atoms with E-state index in [1.54, 1.807) is 0 Å². The van der Waals surface area contributed by atoms with E-state index in [0.29, 0.717) is 11.8 Å². The Hall–Kier alpha value is -7.30. The fourth-order valence-corrected chi connectivity index (χ4v) is 9.53. The lowest BCUT2D eigenvalue weighted by molar-refractivity contribution is 0.669. The van der Waals surface area contributed by atoms with Crippen LogP contribution in [0.4, 0.5) is 0 Å². The average Bonchev–Trinajstić information content (AvgIpc) is 3.83. The number of hydrogen-bond acceptors (Lipinski definition) is 4. The molecular weight excluding hydrogens is 707 g/mol. The second kappa shape index (κ2) is 12.9. The third-order valence-corrected chi connectivity index (χ3v) is 12.2. The van der Waals surface area contributed by atoms with Gasteiger partial charge in [-0.2, -0.15) is 0 Å². The number of nitrogens with zero attached hydrogens (tertiary/aromatic N) is 2. The first kappa shape index (κ1) is 32.9. The van der Waals surface area contributed by atoms with Gasteiger partial charge in [-0.3, -0.25) is 0 Å². The smallest absolute Gasteiger partial charge is 0.160 e. The molecule has 0 radical (unpaired) electrons. The summed E-state index contributed by atoms with van der Waals surface area (Å²) < 4.78 is 6.87. The second-order valence-corrected chi connectivity index (χ2v) is 15.8. The number of fused-ring (bicyclic) bond motifs is 8. The SMILES string of the molecule is CC1C=Cc2cccc(-c3ccc(C4N=C(c5cc6c(c7oc8ccccc8c57)-c5cccc7cccc-6c57)N=C(c5ccccc5-c5ccccc5)N4)cc3)c2C1. The lowest BCUT2D eigenvalue weighted by Crippen LogP contribution is -2.34. The number of nitrogens with one attached hydrogen (secondary N) is 1. The molecule has 1 aliphatic heterocycles. The van der Waals surface area contributed by atoms with Crippen LogP contribution in [0.3, 0.4) is 0 Å². The van der Waals surface area contributed by atoms with Gasteiger partial charge in [0.05, 0.1) is 0 Å². The molecule has 2 atom stereocenters. The molecule has 274 valence electrons. The maximum absolute atomic E-state index is 6.87. The molecule has 12 rings (SSSR count). The van der Waals surface area contributed by atoms with E-state index in [1.165, 1.54) is 44.2 Å². The monoisotopic (exact) mass is 743 g/mol. The molecule has 0 saturated carbocycles. The summed E-state index contributed by atoms with van der Waals surface area (Å²) in [4.78, 5) is 11.0. The van der Waals surface area contributed by atoms with Gasteiger partial charge in [-0.25, -0.2) is 9.98 Å². The summed E-state index contributed by atoms with van der Waals surface area (Å²) in [7, 11) is 0. The lowest BCUT2D eigenvalue weighted by Gasteiger charge is -2.25. The van der Waals surface area contributed by atoms with E-state index in [-0.39, 0.29) is 0 Å². The van der Waals surface area contributed by atoms with Gasteiger partial charge in [-0.15, -0.1) is 0 Å². The first-order valence-electron chi connectivity index (χ1n) is 20.2. The fourth-order valence-electron chi connectivity index (χ4n) is 9.53. The van der Waals surface area contributed by atoms with Crippen LogP contribution in [-0.4, -0.2) is 11.7 Å². The lowest BCUT2D eigenvalue weighted by atomic mass is 9.85. The summed E-state index contributed by atoms with van der Waals surface area (Å²) in [5.41, 5.74) is 16.9. The van der Waals surface area contributed by atoms with Crippen molar-refractivity contribution >= 4 is 50.5 Å². The van der Waals surface area contributed by atoms with Crippen molar-refractivity contribution in [3.05, 3.63) is 198 Å². The van der Waals surface area contributed by atoms with E-state index in [2.05, 4.69) is 182 Å². The van der Waals surface area contributed by atoms with Gasteiger partial charge in [-0.05, 0) is 90.9 Å². The Kier molecular flexibility index (Phi) is 7.30. The van der Waals surface area contributed by atoms with Crippen molar-refractivity contribution in [2.45, 2.75) is 19.5 Å². The molecule has 58 heavy (non-hydrogen) atoms. The molecule has 0 fully saturated rings. The van der Waals surface area contributed by atoms with E-state index < -0.39 is 6.17 Å². The Morgan fingerprint density at radius 3 is 2.16 bits per heavy atom. The van der Waals surface area contributed by atoms with Gasteiger partial charge in [0.1, 0.15) is 23.2 Å². The summed E-state index contributed by atoms with van der Waals surface area (Å²) in [5, 5.41) is 8.37. The number of allylic oxidation sites excluding steroid dienone is 1. The first-order valence-corrected chi connectivity index (χ1v) is 20.2. The van der Waals surface area contributed by atoms with Gasteiger partial charge in [0.15, 0.2) is 5.84 Å². The van der Waals surface area contributed by atoms with Crippen molar-refractivity contribution in [1.29, 1.82) is 0 Å². The van der Waals surface area contributed by atoms with Gasteiger partial charge in [-0.1, -0.05) is 171 Å². The molecule has 2 unspecified atom stereocenters. The molecule has 1 aromatic heterocycles. The Labute approximate surface area is 336 Å². The van der Waals surface area contributed by atoms with Crippen LogP contribution < -0.4 is 5.32 Å². The Morgan fingerprint density at radius 2 is 1.29 bits per heavy atom. The van der Waals surface area contributed by atoms with Crippen molar-refractivity contribution < 1.29 is 4.42 Å².